The van der Waals surface area contributed by atoms with Gasteiger partial charge in [0.1, 0.15) is 5.69 Å². The van der Waals surface area contributed by atoms with Crippen LogP contribution in [0.1, 0.15) is 26.2 Å². The summed E-state index contributed by atoms with van der Waals surface area (Å²) in [7, 11) is 0. The summed E-state index contributed by atoms with van der Waals surface area (Å²) in [6.45, 7) is 4.13. The van der Waals surface area contributed by atoms with Gasteiger partial charge in [-0.15, -0.1) is 0 Å². The molecule has 0 spiro atoms. The summed E-state index contributed by atoms with van der Waals surface area (Å²) in [4.78, 5) is 4.68. The van der Waals surface area contributed by atoms with Crippen LogP contribution < -0.4 is 5.32 Å². The normalized spacial score (nSPS) is 18.1. The zero-order chi connectivity index (χ0) is 14.7. The third-order valence-electron chi connectivity index (χ3n) is 3.37. The molecule has 0 aromatic carbocycles. The number of anilines is 1. The van der Waals surface area contributed by atoms with Crippen molar-refractivity contribution in [1.29, 1.82) is 0 Å². The number of nitrogens with zero attached hydrogens (tertiary/aromatic N) is 2. The van der Waals surface area contributed by atoms with Gasteiger partial charge in [-0.3, -0.25) is 0 Å². The van der Waals surface area contributed by atoms with Crippen LogP contribution in [-0.2, 0) is 0 Å². The lowest BCUT2D eigenvalue weighted by molar-refractivity contribution is 0.223. The molecule has 0 radical (unpaired) electrons. The molecule has 1 aliphatic heterocycles. The molecule has 2 rings (SSSR count). The molecule has 0 amide bonds. The first-order valence-corrected chi connectivity index (χ1v) is 6.68. The maximum absolute atomic E-state index is 13.5. The van der Waals surface area contributed by atoms with Crippen LogP contribution in [-0.4, -0.2) is 35.6 Å². The number of pyridine rings is 1. The second-order valence-corrected chi connectivity index (χ2v) is 5.10. The Bertz CT molecular complexity index is 449. The Balaban J connectivity index is 2.05. The van der Waals surface area contributed by atoms with Crippen LogP contribution in [0, 0.1) is 23.5 Å². The zero-order valence-corrected chi connectivity index (χ0v) is 11.2. The monoisotopic (exact) mass is 291 g/mol. The lowest BCUT2D eigenvalue weighted by Gasteiger charge is -2.29. The Kier molecular flexibility index (Phi) is 4.80. The topological polar surface area (TPSA) is 28.2 Å². The van der Waals surface area contributed by atoms with E-state index in [0.717, 1.165) is 25.9 Å². The van der Waals surface area contributed by atoms with Crippen molar-refractivity contribution in [1.82, 2.24) is 9.88 Å². The van der Waals surface area contributed by atoms with E-state index in [2.05, 4.69) is 15.2 Å². The van der Waals surface area contributed by atoms with Gasteiger partial charge in [-0.25, -0.2) is 0 Å². The first-order valence-electron chi connectivity index (χ1n) is 6.68. The molecule has 1 fully saturated rings. The fourth-order valence-electron chi connectivity index (χ4n) is 2.44. The third-order valence-corrected chi connectivity index (χ3v) is 3.37. The van der Waals surface area contributed by atoms with Crippen LogP contribution in [0.5, 0.6) is 0 Å². The van der Waals surface area contributed by atoms with E-state index in [1.54, 1.807) is 6.92 Å². The summed E-state index contributed by atoms with van der Waals surface area (Å²) in [6.07, 6.45) is 3.37. The number of rotatable bonds is 4. The quantitative estimate of drug-likeness (QED) is 0.683. The van der Waals surface area contributed by atoms with Gasteiger partial charge in [-0.1, -0.05) is 6.42 Å². The molecule has 1 atom stereocenters. The number of hydrogen-bond acceptors (Lipinski definition) is 3. The highest BCUT2D eigenvalue weighted by Gasteiger charge is 2.22. The molecule has 1 N–H and O–H groups in total. The second kappa shape index (κ2) is 6.39. The second-order valence-electron chi connectivity index (χ2n) is 5.10. The van der Waals surface area contributed by atoms with Crippen molar-refractivity contribution < 1.29 is 17.6 Å². The average molecular weight is 291 g/mol. The van der Waals surface area contributed by atoms with Crippen LogP contribution in [0.25, 0.3) is 0 Å². The van der Waals surface area contributed by atoms with E-state index in [0.29, 0.717) is 6.54 Å². The fourth-order valence-corrected chi connectivity index (χ4v) is 2.44. The molecule has 112 valence electrons. The van der Waals surface area contributed by atoms with Gasteiger partial charge in [0, 0.05) is 12.6 Å². The molecule has 1 unspecified atom stereocenters. The maximum Gasteiger partial charge on any atom is 0.253 e. The predicted octanol–water partition coefficient (Wildman–Crippen LogP) is 2.92. The molecule has 2 heterocycles. The van der Waals surface area contributed by atoms with E-state index in [1.807, 2.05) is 0 Å². The predicted molar refractivity (Wildman–Crippen MR) is 67.4 cm³/mol. The summed E-state index contributed by atoms with van der Waals surface area (Å²) in [5.41, 5.74) is -0.792. The van der Waals surface area contributed by atoms with Gasteiger partial charge in [0.25, 0.3) is 11.9 Å². The van der Waals surface area contributed by atoms with Crippen LogP contribution in [0.15, 0.2) is 0 Å². The van der Waals surface area contributed by atoms with Crippen molar-refractivity contribution in [2.45, 2.75) is 32.2 Å². The van der Waals surface area contributed by atoms with Crippen LogP contribution in [0.2, 0.25) is 0 Å². The minimum absolute atomic E-state index is 0.335. The number of likely N-dealkylation sites (tertiary alicyclic amines) is 1. The highest BCUT2D eigenvalue weighted by atomic mass is 19.2. The van der Waals surface area contributed by atoms with Crippen molar-refractivity contribution in [3.63, 3.8) is 0 Å². The van der Waals surface area contributed by atoms with Crippen molar-refractivity contribution in [2.24, 2.45) is 0 Å². The third kappa shape index (κ3) is 3.39. The van der Waals surface area contributed by atoms with E-state index < -0.39 is 29.2 Å². The van der Waals surface area contributed by atoms with Gasteiger partial charge < -0.3 is 10.2 Å². The molecular weight excluding hydrogens is 274 g/mol. The molecule has 20 heavy (non-hydrogen) atoms. The van der Waals surface area contributed by atoms with Gasteiger partial charge in [0.15, 0.2) is 0 Å². The van der Waals surface area contributed by atoms with Gasteiger partial charge in [-0.2, -0.15) is 22.5 Å². The summed E-state index contributed by atoms with van der Waals surface area (Å²) >= 11 is 0. The molecule has 0 saturated carbocycles. The largest absolute Gasteiger partial charge is 0.376 e. The standard InChI is InChI=1S/C13H17F4N3/c1-8(7-20-5-3-2-4-6-20)18-11-9(14)12(16)19-13(17)10(11)15/h8H,2-7H2,1H3,(H,18,19). The van der Waals surface area contributed by atoms with Crippen LogP contribution >= 0.6 is 0 Å². The average Bonchev–Trinajstić information content (AvgIpc) is 2.42. The Morgan fingerprint density at radius 2 is 1.60 bits per heavy atom. The number of hydrogen-bond donors (Lipinski definition) is 1. The smallest absolute Gasteiger partial charge is 0.253 e. The summed E-state index contributed by atoms with van der Waals surface area (Å²) < 4.78 is 52.9. The van der Waals surface area contributed by atoms with Gasteiger partial charge in [0.2, 0.25) is 11.6 Å². The van der Waals surface area contributed by atoms with Crippen molar-refractivity contribution in [3.8, 4) is 0 Å². The molecule has 3 nitrogen and oxygen atoms in total. The number of piperidine rings is 1. The first-order chi connectivity index (χ1) is 9.49. The molecule has 1 aromatic rings. The summed E-state index contributed by atoms with van der Waals surface area (Å²) in [5.74, 6) is -6.27. The number of nitrogens with one attached hydrogen (secondary N) is 1. The van der Waals surface area contributed by atoms with E-state index >= 15 is 0 Å². The lowest BCUT2D eigenvalue weighted by Crippen LogP contribution is -2.38. The summed E-state index contributed by atoms with van der Waals surface area (Å²) in [5, 5.41) is 2.50. The van der Waals surface area contributed by atoms with Gasteiger partial charge in [-0.05, 0) is 32.9 Å². The lowest BCUT2D eigenvalue weighted by atomic mass is 10.1. The highest BCUT2D eigenvalue weighted by molar-refractivity contribution is 5.46. The van der Waals surface area contributed by atoms with E-state index in [4.69, 9.17) is 0 Å². The molecular formula is C13H17F4N3. The minimum Gasteiger partial charge on any atom is -0.376 e. The molecule has 1 aromatic heterocycles. The zero-order valence-electron chi connectivity index (χ0n) is 11.2. The van der Waals surface area contributed by atoms with E-state index in [9.17, 15) is 17.6 Å². The molecule has 7 heteroatoms. The number of aromatic nitrogens is 1. The first kappa shape index (κ1) is 15.0. The fraction of sp³-hybridized carbons (Fsp3) is 0.615. The van der Waals surface area contributed by atoms with Crippen molar-refractivity contribution >= 4 is 5.69 Å². The SMILES string of the molecule is CC(CN1CCCCC1)Nc1c(F)c(F)nc(F)c1F. The Hall–Kier alpha value is -1.37. The molecule has 1 saturated heterocycles. The molecule has 0 aliphatic carbocycles. The maximum atomic E-state index is 13.5. The van der Waals surface area contributed by atoms with Gasteiger partial charge in [0.05, 0.1) is 0 Å². The van der Waals surface area contributed by atoms with Crippen LogP contribution in [0.4, 0.5) is 23.2 Å². The minimum atomic E-state index is -1.64. The van der Waals surface area contributed by atoms with Crippen molar-refractivity contribution in [3.05, 3.63) is 23.5 Å². The Morgan fingerprint density at radius 3 is 2.15 bits per heavy atom. The number of halogens is 4. The van der Waals surface area contributed by atoms with Crippen molar-refractivity contribution in [2.75, 3.05) is 25.0 Å². The summed E-state index contributed by atoms with van der Waals surface area (Å²) in [6, 6.07) is -0.335. The van der Waals surface area contributed by atoms with Gasteiger partial charge >= 0.3 is 0 Å². The Labute approximate surface area is 115 Å². The van der Waals surface area contributed by atoms with E-state index in [-0.39, 0.29) is 6.04 Å². The highest BCUT2D eigenvalue weighted by Crippen LogP contribution is 2.23. The van der Waals surface area contributed by atoms with E-state index in [1.165, 1.54) is 6.42 Å². The van der Waals surface area contributed by atoms with Crippen LogP contribution in [0.3, 0.4) is 0 Å². The molecule has 1 aliphatic rings. The Morgan fingerprint density at radius 1 is 1.05 bits per heavy atom. The molecule has 0 bridgehead atoms.